The van der Waals surface area contributed by atoms with E-state index in [2.05, 4.69) is 25.9 Å². The first-order valence-corrected chi connectivity index (χ1v) is 4.20. The summed E-state index contributed by atoms with van der Waals surface area (Å²) in [7, 11) is 0. The second kappa shape index (κ2) is 2.81. The molecule has 2 aromatic heterocycles. The SMILES string of the molecule is O=C(O)c1ccnc2ncc(Br)n12. The van der Waals surface area contributed by atoms with Gasteiger partial charge >= 0.3 is 5.97 Å². The Labute approximate surface area is 81.2 Å². The van der Waals surface area contributed by atoms with E-state index in [1.807, 2.05) is 0 Å². The van der Waals surface area contributed by atoms with Crippen LogP contribution in [0.25, 0.3) is 5.78 Å². The standard InChI is InChI=1S/C7H4BrN3O2/c8-5-3-10-7-9-2-1-4(6(12)13)11(5)7/h1-3H,(H,12,13). The van der Waals surface area contributed by atoms with E-state index in [0.717, 1.165) is 0 Å². The van der Waals surface area contributed by atoms with Gasteiger partial charge in [-0.1, -0.05) is 0 Å². The Hall–Kier alpha value is -1.43. The van der Waals surface area contributed by atoms with E-state index < -0.39 is 5.97 Å². The van der Waals surface area contributed by atoms with Gasteiger partial charge in [0.15, 0.2) is 0 Å². The van der Waals surface area contributed by atoms with Crippen LogP contribution in [0.5, 0.6) is 0 Å². The number of carboxylic acid groups (broad SMARTS) is 1. The van der Waals surface area contributed by atoms with Crippen LogP contribution in [0.2, 0.25) is 0 Å². The van der Waals surface area contributed by atoms with Crippen LogP contribution in [0, 0.1) is 0 Å². The molecule has 0 aromatic carbocycles. The zero-order valence-electron chi connectivity index (χ0n) is 6.31. The number of halogens is 1. The molecule has 0 saturated carbocycles. The number of rotatable bonds is 1. The molecule has 2 aromatic rings. The van der Waals surface area contributed by atoms with E-state index in [1.165, 1.54) is 22.9 Å². The maximum Gasteiger partial charge on any atom is 0.353 e. The van der Waals surface area contributed by atoms with Crippen LogP contribution in [-0.4, -0.2) is 25.4 Å². The number of hydrogen-bond acceptors (Lipinski definition) is 3. The Kier molecular flexibility index (Phi) is 1.77. The molecule has 2 heterocycles. The lowest BCUT2D eigenvalue weighted by Crippen LogP contribution is -2.05. The fraction of sp³-hybridized carbons (Fsp3) is 0. The normalized spacial score (nSPS) is 10.5. The van der Waals surface area contributed by atoms with E-state index in [4.69, 9.17) is 5.11 Å². The van der Waals surface area contributed by atoms with Crippen LogP contribution in [0.15, 0.2) is 23.1 Å². The van der Waals surface area contributed by atoms with Gasteiger partial charge in [-0.25, -0.2) is 14.8 Å². The predicted molar refractivity (Wildman–Crippen MR) is 47.6 cm³/mol. The lowest BCUT2D eigenvalue weighted by atomic mass is 10.4. The Morgan fingerprint density at radius 1 is 1.54 bits per heavy atom. The average Bonchev–Trinajstić information content (AvgIpc) is 2.48. The van der Waals surface area contributed by atoms with Crippen LogP contribution in [0.4, 0.5) is 0 Å². The molecule has 0 radical (unpaired) electrons. The quantitative estimate of drug-likeness (QED) is 0.815. The topological polar surface area (TPSA) is 67.5 Å². The lowest BCUT2D eigenvalue weighted by molar-refractivity contribution is 0.0688. The van der Waals surface area contributed by atoms with Gasteiger partial charge in [0, 0.05) is 6.20 Å². The van der Waals surface area contributed by atoms with Crippen molar-refractivity contribution in [3.63, 3.8) is 0 Å². The molecule has 0 atom stereocenters. The van der Waals surface area contributed by atoms with Crippen molar-refractivity contribution in [1.29, 1.82) is 0 Å². The molecule has 66 valence electrons. The largest absolute Gasteiger partial charge is 0.477 e. The molecule has 1 N–H and O–H groups in total. The number of aromatic carboxylic acids is 1. The summed E-state index contributed by atoms with van der Waals surface area (Å²) < 4.78 is 2.00. The van der Waals surface area contributed by atoms with E-state index >= 15 is 0 Å². The van der Waals surface area contributed by atoms with Crippen molar-refractivity contribution in [2.75, 3.05) is 0 Å². The summed E-state index contributed by atoms with van der Waals surface area (Å²) in [6.45, 7) is 0. The van der Waals surface area contributed by atoms with Gasteiger partial charge in [0.1, 0.15) is 10.3 Å². The van der Waals surface area contributed by atoms with Gasteiger partial charge in [-0.3, -0.25) is 4.40 Å². The zero-order chi connectivity index (χ0) is 9.42. The number of fused-ring (bicyclic) bond motifs is 1. The maximum atomic E-state index is 10.8. The summed E-state index contributed by atoms with van der Waals surface area (Å²) >= 11 is 3.18. The molecule has 0 unspecified atom stereocenters. The summed E-state index contributed by atoms with van der Waals surface area (Å²) in [5, 5.41) is 8.83. The van der Waals surface area contributed by atoms with Gasteiger partial charge in [-0.15, -0.1) is 0 Å². The lowest BCUT2D eigenvalue weighted by Gasteiger charge is -1.99. The first-order chi connectivity index (χ1) is 6.20. The smallest absolute Gasteiger partial charge is 0.353 e. The highest BCUT2D eigenvalue weighted by atomic mass is 79.9. The Balaban J connectivity index is 2.88. The Morgan fingerprint density at radius 3 is 3.00 bits per heavy atom. The number of carbonyl (C=O) groups is 1. The molecule has 0 aliphatic rings. The molecule has 5 nitrogen and oxygen atoms in total. The molecule has 0 amide bonds. The first kappa shape index (κ1) is 8.18. The molecule has 0 spiro atoms. The first-order valence-electron chi connectivity index (χ1n) is 3.41. The molecule has 0 aliphatic carbocycles. The van der Waals surface area contributed by atoms with Crippen molar-refractivity contribution in [3.8, 4) is 0 Å². The third kappa shape index (κ3) is 1.19. The van der Waals surface area contributed by atoms with Gasteiger partial charge in [0.25, 0.3) is 0 Å². The van der Waals surface area contributed by atoms with E-state index in [1.54, 1.807) is 0 Å². The number of imidazole rings is 1. The van der Waals surface area contributed by atoms with Crippen LogP contribution in [0.1, 0.15) is 10.5 Å². The highest BCUT2D eigenvalue weighted by molar-refractivity contribution is 9.10. The van der Waals surface area contributed by atoms with E-state index in [9.17, 15) is 4.79 Å². The molecule has 2 rings (SSSR count). The second-order valence-electron chi connectivity index (χ2n) is 2.35. The predicted octanol–water partition coefficient (Wildman–Crippen LogP) is 1.19. The van der Waals surface area contributed by atoms with Crippen LogP contribution in [0.3, 0.4) is 0 Å². The summed E-state index contributed by atoms with van der Waals surface area (Å²) in [6.07, 6.45) is 2.92. The summed E-state index contributed by atoms with van der Waals surface area (Å²) in [6, 6.07) is 1.42. The minimum Gasteiger partial charge on any atom is -0.477 e. The number of carboxylic acids is 1. The maximum absolute atomic E-state index is 10.8. The Bertz CT molecular complexity index is 480. The number of hydrogen-bond donors (Lipinski definition) is 1. The molecule has 0 fully saturated rings. The van der Waals surface area contributed by atoms with Gasteiger partial charge in [0.2, 0.25) is 5.78 Å². The Morgan fingerprint density at radius 2 is 2.31 bits per heavy atom. The zero-order valence-corrected chi connectivity index (χ0v) is 7.89. The van der Waals surface area contributed by atoms with Gasteiger partial charge in [0.05, 0.1) is 6.20 Å². The fourth-order valence-electron chi connectivity index (χ4n) is 1.05. The molecule has 0 bridgehead atoms. The highest BCUT2D eigenvalue weighted by Crippen LogP contribution is 2.13. The third-order valence-corrected chi connectivity index (χ3v) is 2.14. The fourth-order valence-corrected chi connectivity index (χ4v) is 1.50. The van der Waals surface area contributed by atoms with Crippen molar-refractivity contribution < 1.29 is 9.90 Å². The molecule has 0 saturated heterocycles. The van der Waals surface area contributed by atoms with E-state index in [-0.39, 0.29) is 5.69 Å². The van der Waals surface area contributed by atoms with Gasteiger partial charge in [-0.2, -0.15) is 0 Å². The third-order valence-electron chi connectivity index (χ3n) is 1.58. The molecular formula is C7H4BrN3O2. The van der Waals surface area contributed by atoms with Crippen LogP contribution in [-0.2, 0) is 0 Å². The summed E-state index contributed by atoms with van der Waals surface area (Å²) in [4.78, 5) is 18.6. The van der Waals surface area contributed by atoms with E-state index in [0.29, 0.717) is 10.4 Å². The molecule has 6 heteroatoms. The average molecular weight is 242 g/mol. The van der Waals surface area contributed by atoms with Crippen molar-refractivity contribution in [1.82, 2.24) is 14.4 Å². The van der Waals surface area contributed by atoms with Crippen molar-refractivity contribution in [2.45, 2.75) is 0 Å². The monoisotopic (exact) mass is 241 g/mol. The minimum absolute atomic E-state index is 0.134. The van der Waals surface area contributed by atoms with Gasteiger partial charge in [-0.05, 0) is 22.0 Å². The highest BCUT2D eigenvalue weighted by Gasteiger charge is 2.11. The molecule has 13 heavy (non-hydrogen) atoms. The molecule has 0 aliphatic heterocycles. The minimum atomic E-state index is -1.01. The van der Waals surface area contributed by atoms with Crippen LogP contribution >= 0.6 is 15.9 Å². The number of aromatic nitrogens is 3. The van der Waals surface area contributed by atoms with Gasteiger partial charge < -0.3 is 5.11 Å². The van der Waals surface area contributed by atoms with Crippen molar-refractivity contribution in [2.24, 2.45) is 0 Å². The van der Waals surface area contributed by atoms with Crippen molar-refractivity contribution >= 4 is 27.7 Å². The second-order valence-corrected chi connectivity index (χ2v) is 3.16. The van der Waals surface area contributed by atoms with Crippen molar-refractivity contribution in [3.05, 3.63) is 28.8 Å². The molecular weight excluding hydrogens is 238 g/mol. The van der Waals surface area contributed by atoms with Crippen LogP contribution < -0.4 is 0 Å². The summed E-state index contributed by atoms with van der Waals surface area (Å²) in [5.74, 6) is -0.641. The number of nitrogens with zero attached hydrogens (tertiary/aromatic N) is 3. The summed E-state index contributed by atoms with van der Waals surface area (Å²) in [5.41, 5.74) is 0.134.